The van der Waals surface area contributed by atoms with Crippen molar-refractivity contribution in [3.63, 3.8) is 0 Å². The monoisotopic (exact) mass is 185 g/mol. The molecule has 0 radical (unpaired) electrons. The highest BCUT2D eigenvalue weighted by atomic mass is 35.5. The maximum Gasteiger partial charge on any atom is 0.110 e. The summed E-state index contributed by atoms with van der Waals surface area (Å²) in [5.41, 5.74) is 4.10. The van der Waals surface area contributed by atoms with Gasteiger partial charge in [-0.25, -0.2) is 0 Å². The topological polar surface area (TPSA) is 38.7 Å². The number of nitrogens with one attached hydrogen (secondary N) is 1. The minimum atomic E-state index is 0.610. The Morgan fingerprint density at radius 1 is 1.50 bits per heavy atom. The quantitative estimate of drug-likeness (QED) is 0.641. The van der Waals surface area contributed by atoms with E-state index < -0.39 is 0 Å². The van der Waals surface area contributed by atoms with Gasteiger partial charge in [-0.05, 0) is 12.1 Å². The van der Waals surface area contributed by atoms with E-state index >= 15 is 0 Å². The Hall–Kier alpha value is -0.970. The van der Waals surface area contributed by atoms with Gasteiger partial charge in [0.15, 0.2) is 0 Å². The van der Waals surface area contributed by atoms with Gasteiger partial charge in [-0.1, -0.05) is 17.7 Å². The van der Waals surface area contributed by atoms with Crippen molar-refractivity contribution in [2.45, 2.75) is 0 Å². The molecular formula is C7H8ClN3O. The standard InChI is InChI=1S/C7H8ClN3O/c1-10-7-5(8)3-2-4-6(7)11(12)9-10/h2-4,9,12H,1H3. The zero-order valence-corrected chi connectivity index (χ0v) is 7.21. The zero-order chi connectivity index (χ0) is 8.72. The van der Waals surface area contributed by atoms with Gasteiger partial charge >= 0.3 is 0 Å². The molecule has 0 bridgehead atoms. The van der Waals surface area contributed by atoms with Crippen molar-refractivity contribution in [1.82, 2.24) is 5.53 Å². The Balaban J connectivity index is 2.59. The van der Waals surface area contributed by atoms with Crippen LogP contribution in [-0.4, -0.2) is 12.3 Å². The molecule has 2 rings (SSSR count). The minimum Gasteiger partial charge on any atom is -0.288 e. The normalized spacial score (nSPS) is 15.2. The number of para-hydroxylation sites is 1. The van der Waals surface area contributed by atoms with Crippen molar-refractivity contribution in [1.29, 1.82) is 0 Å². The lowest BCUT2D eigenvalue weighted by molar-refractivity contribution is 0.220. The van der Waals surface area contributed by atoms with Gasteiger partial charge in [0.2, 0.25) is 0 Å². The minimum absolute atomic E-state index is 0.610. The fourth-order valence-corrected chi connectivity index (χ4v) is 1.55. The van der Waals surface area contributed by atoms with Crippen LogP contribution >= 0.6 is 11.6 Å². The predicted molar refractivity (Wildman–Crippen MR) is 47.3 cm³/mol. The average Bonchev–Trinajstić information content (AvgIpc) is 2.29. The van der Waals surface area contributed by atoms with Crippen molar-refractivity contribution in [3.8, 4) is 0 Å². The number of hydrogen-bond acceptors (Lipinski definition) is 4. The molecule has 0 amide bonds. The predicted octanol–water partition coefficient (Wildman–Crippen LogP) is 1.40. The first-order valence-electron chi connectivity index (χ1n) is 3.47. The lowest BCUT2D eigenvalue weighted by Crippen LogP contribution is -2.39. The van der Waals surface area contributed by atoms with E-state index in [0.29, 0.717) is 10.7 Å². The molecule has 0 unspecified atom stereocenters. The first kappa shape index (κ1) is 7.67. The van der Waals surface area contributed by atoms with Crippen molar-refractivity contribution in [3.05, 3.63) is 23.2 Å². The number of benzene rings is 1. The third-order valence-corrected chi connectivity index (χ3v) is 2.08. The molecule has 1 aromatic rings. The molecule has 0 aliphatic carbocycles. The Labute approximate surface area is 74.9 Å². The van der Waals surface area contributed by atoms with E-state index in [2.05, 4.69) is 5.53 Å². The summed E-state index contributed by atoms with van der Waals surface area (Å²) < 4.78 is 0. The van der Waals surface area contributed by atoms with Crippen LogP contribution in [0.2, 0.25) is 5.02 Å². The molecule has 0 fully saturated rings. The summed E-state index contributed by atoms with van der Waals surface area (Å²) in [5, 5.41) is 12.5. The van der Waals surface area contributed by atoms with E-state index in [1.54, 1.807) is 30.3 Å². The van der Waals surface area contributed by atoms with Crippen LogP contribution in [0.4, 0.5) is 11.4 Å². The van der Waals surface area contributed by atoms with Crippen molar-refractivity contribution >= 4 is 23.0 Å². The van der Waals surface area contributed by atoms with Gasteiger partial charge in [0, 0.05) is 7.05 Å². The molecular weight excluding hydrogens is 178 g/mol. The van der Waals surface area contributed by atoms with E-state index in [-0.39, 0.29) is 0 Å². The highest BCUT2D eigenvalue weighted by molar-refractivity contribution is 6.34. The molecule has 1 heterocycles. The smallest absolute Gasteiger partial charge is 0.110 e. The first-order valence-corrected chi connectivity index (χ1v) is 3.85. The molecule has 1 aliphatic heterocycles. The molecule has 4 nitrogen and oxygen atoms in total. The Bertz CT molecular complexity index is 318. The van der Waals surface area contributed by atoms with Crippen molar-refractivity contribution in [2.24, 2.45) is 0 Å². The second-order valence-electron chi connectivity index (χ2n) is 2.58. The molecule has 5 heteroatoms. The number of nitrogens with zero attached hydrogens (tertiary/aromatic N) is 2. The number of halogens is 1. The van der Waals surface area contributed by atoms with E-state index in [4.69, 9.17) is 11.6 Å². The number of rotatable bonds is 0. The first-order chi connectivity index (χ1) is 5.70. The number of hydrogen-bond donors (Lipinski definition) is 2. The molecule has 12 heavy (non-hydrogen) atoms. The van der Waals surface area contributed by atoms with Gasteiger partial charge in [-0.3, -0.25) is 10.2 Å². The van der Waals surface area contributed by atoms with Gasteiger partial charge < -0.3 is 0 Å². The SMILES string of the molecule is CN1NN(O)c2cccc(Cl)c21. The molecule has 0 spiro atoms. The van der Waals surface area contributed by atoms with Crippen LogP contribution in [0.5, 0.6) is 0 Å². The highest BCUT2D eigenvalue weighted by Gasteiger charge is 2.23. The molecule has 0 saturated heterocycles. The van der Waals surface area contributed by atoms with Gasteiger partial charge in [0.25, 0.3) is 0 Å². The fraction of sp³-hybridized carbons (Fsp3) is 0.143. The summed E-state index contributed by atoms with van der Waals surface area (Å²) in [6, 6.07) is 5.33. The zero-order valence-electron chi connectivity index (χ0n) is 6.45. The van der Waals surface area contributed by atoms with Crippen LogP contribution < -0.4 is 15.7 Å². The maximum absolute atomic E-state index is 9.30. The van der Waals surface area contributed by atoms with Crippen LogP contribution in [0.25, 0.3) is 0 Å². The third kappa shape index (κ3) is 0.929. The van der Waals surface area contributed by atoms with E-state index in [1.165, 1.54) is 0 Å². The second-order valence-corrected chi connectivity index (χ2v) is 2.99. The van der Waals surface area contributed by atoms with Crippen LogP contribution in [0, 0.1) is 0 Å². The van der Waals surface area contributed by atoms with Gasteiger partial charge in [-0.2, -0.15) is 5.17 Å². The fourth-order valence-electron chi connectivity index (χ4n) is 1.25. The van der Waals surface area contributed by atoms with Crippen LogP contribution in [0.3, 0.4) is 0 Å². The number of fused-ring (bicyclic) bond motifs is 1. The highest BCUT2D eigenvalue weighted by Crippen LogP contribution is 2.37. The molecule has 2 N–H and O–H groups in total. The molecule has 1 aliphatic rings. The summed E-state index contributed by atoms with van der Waals surface area (Å²) in [4.78, 5) is 0. The summed E-state index contributed by atoms with van der Waals surface area (Å²) in [5.74, 6) is 0. The Morgan fingerprint density at radius 2 is 2.25 bits per heavy atom. The Kier molecular flexibility index (Phi) is 1.61. The third-order valence-electron chi connectivity index (χ3n) is 1.77. The van der Waals surface area contributed by atoms with Crippen molar-refractivity contribution < 1.29 is 5.21 Å². The molecule has 0 aromatic heterocycles. The van der Waals surface area contributed by atoms with Gasteiger partial charge in [0.1, 0.15) is 5.69 Å². The second kappa shape index (κ2) is 2.52. The lowest BCUT2D eigenvalue weighted by atomic mass is 10.3. The summed E-state index contributed by atoms with van der Waals surface area (Å²) in [6.07, 6.45) is 0. The van der Waals surface area contributed by atoms with E-state index in [0.717, 1.165) is 10.9 Å². The molecule has 1 aromatic carbocycles. The Morgan fingerprint density at radius 3 is 2.92 bits per heavy atom. The molecule has 0 atom stereocenters. The lowest BCUT2D eigenvalue weighted by Gasteiger charge is -2.12. The van der Waals surface area contributed by atoms with Crippen LogP contribution in [0.1, 0.15) is 0 Å². The largest absolute Gasteiger partial charge is 0.288 e. The number of anilines is 2. The van der Waals surface area contributed by atoms with Crippen molar-refractivity contribution in [2.75, 3.05) is 17.2 Å². The van der Waals surface area contributed by atoms with Gasteiger partial charge in [-0.15, -0.1) is 5.53 Å². The van der Waals surface area contributed by atoms with E-state index in [1.807, 2.05) is 0 Å². The molecule has 64 valence electrons. The summed E-state index contributed by atoms with van der Waals surface area (Å²) in [6.45, 7) is 0. The van der Waals surface area contributed by atoms with E-state index in [9.17, 15) is 5.21 Å². The number of hydrazine groups is 2. The van der Waals surface area contributed by atoms with Gasteiger partial charge in [0.05, 0.1) is 10.7 Å². The summed E-state index contributed by atoms with van der Waals surface area (Å²) in [7, 11) is 1.78. The van der Waals surface area contributed by atoms with Crippen LogP contribution in [-0.2, 0) is 0 Å². The molecule has 0 saturated carbocycles. The average molecular weight is 186 g/mol. The maximum atomic E-state index is 9.30. The van der Waals surface area contributed by atoms with Crippen LogP contribution in [0.15, 0.2) is 18.2 Å². The summed E-state index contributed by atoms with van der Waals surface area (Å²) >= 11 is 5.91.